The lowest BCUT2D eigenvalue weighted by Crippen LogP contribution is -2.10. The van der Waals surface area contributed by atoms with Gasteiger partial charge in [-0.25, -0.2) is 0 Å². The Labute approximate surface area is 157 Å². The zero-order valence-corrected chi connectivity index (χ0v) is 15.6. The number of hydrogen-bond donors (Lipinski definition) is 0. The highest BCUT2D eigenvalue weighted by Crippen LogP contribution is 2.46. The molecule has 0 amide bonds. The second-order valence-electron chi connectivity index (χ2n) is 7.29. The van der Waals surface area contributed by atoms with Gasteiger partial charge in [0.2, 0.25) is 0 Å². The molecule has 3 rings (SSSR count). The molecule has 2 unspecified atom stereocenters. The van der Waals surface area contributed by atoms with Gasteiger partial charge in [0.05, 0.1) is 14.9 Å². The van der Waals surface area contributed by atoms with Gasteiger partial charge >= 0.3 is 5.97 Å². The second kappa shape index (κ2) is 8.39. The maximum Gasteiger partial charge on any atom is 0.306 e. The Morgan fingerprint density at radius 2 is 1.85 bits per heavy atom. The van der Waals surface area contributed by atoms with Gasteiger partial charge in [-0.15, -0.1) is 0 Å². The summed E-state index contributed by atoms with van der Waals surface area (Å²) in [6, 6.07) is 16.4. The molecule has 1 aliphatic rings. The third-order valence-electron chi connectivity index (χ3n) is 5.29. The van der Waals surface area contributed by atoms with Crippen molar-refractivity contribution >= 4 is 5.97 Å². The number of carbonyl (C=O) groups excluding carboxylic acids is 1. The molecule has 2 aromatic carbocycles. The highest BCUT2D eigenvalue weighted by Gasteiger charge is 2.32. The van der Waals surface area contributed by atoms with E-state index in [4.69, 9.17) is 10.8 Å². The summed E-state index contributed by atoms with van der Waals surface area (Å²) in [5.41, 5.74) is 3.39. The van der Waals surface area contributed by atoms with E-state index in [1.54, 1.807) is 0 Å². The van der Waals surface area contributed by atoms with E-state index in [0.29, 0.717) is 12.5 Å². The van der Waals surface area contributed by atoms with Crippen LogP contribution in [-0.4, -0.2) is 13.1 Å². The fraction of sp³-hybridized carbons (Fsp3) is 0.435. The summed E-state index contributed by atoms with van der Waals surface area (Å²) in [7, 11) is -0.332. The molecule has 2 atom stereocenters. The highest BCUT2D eigenvalue weighted by atomic mass is 16.5. The Balaban J connectivity index is 1.86. The van der Waals surface area contributed by atoms with Crippen molar-refractivity contribution < 1.29 is 15.6 Å². The smallest absolute Gasteiger partial charge is 0.306 e. The van der Waals surface area contributed by atoms with Gasteiger partial charge in [0.15, 0.2) is 0 Å². The molecule has 3 heteroatoms. The molecule has 0 saturated heterocycles. The van der Waals surface area contributed by atoms with Crippen LogP contribution < -0.4 is 4.74 Å². The van der Waals surface area contributed by atoms with E-state index >= 15 is 0 Å². The first-order valence-electron chi connectivity index (χ1n) is 10.0. The number of benzene rings is 2. The van der Waals surface area contributed by atoms with Gasteiger partial charge in [-0.05, 0) is 47.3 Å². The van der Waals surface area contributed by atoms with E-state index in [2.05, 4.69) is 31.2 Å². The quantitative estimate of drug-likeness (QED) is 0.592. The summed E-state index contributed by atoms with van der Waals surface area (Å²) in [5.74, 6) is 1.71. The second-order valence-corrected chi connectivity index (χ2v) is 7.29. The van der Waals surface area contributed by atoms with Crippen LogP contribution in [0.15, 0.2) is 48.5 Å². The Morgan fingerprint density at radius 1 is 1.12 bits per heavy atom. The van der Waals surface area contributed by atoms with Crippen LogP contribution in [0.25, 0.3) is 0 Å². The van der Waals surface area contributed by atoms with Gasteiger partial charge in [0, 0.05) is 0 Å². The zero-order chi connectivity index (χ0) is 19.2. The largest absolute Gasteiger partial charge is 0.488 e. The lowest BCUT2D eigenvalue weighted by molar-refractivity contribution is -0.140. The van der Waals surface area contributed by atoms with Crippen molar-refractivity contribution in [1.29, 1.82) is 0 Å². The SMILES string of the molecule is [2H]COC(=O)CC(C)c1cccc(C(C)C2CC2)c1OCc1ccccc1. The minimum absolute atomic E-state index is 0.0267. The molecular formula is C23H28O3. The molecule has 3 nitrogen and oxygen atoms in total. The fourth-order valence-electron chi connectivity index (χ4n) is 3.49. The Kier molecular flexibility index (Phi) is 5.53. The first-order chi connectivity index (χ1) is 13.1. The third-order valence-corrected chi connectivity index (χ3v) is 5.29. The van der Waals surface area contributed by atoms with Gasteiger partial charge in [0.25, 0.3) is 0 Å². The van der Waals surface area contributed by atoms with Crippen molar-refractivity contribution in [3.8, 4) is 5.75 Å². The molecule has 0 aromatic heterocycles. The minimum Gasteiger partial charge on any atom is -0.488 e. The molecular weight excluding hydrogens is 324 g/mol. The molecule has 1 aliphatic carbocycles. The number of esters is 1. The topological polar surface area (TPSA) is 35.5 Å². The van der Waals surface area contributed by atoms with Crippen molar-refractivity contribution in [2.45, 2.75) is 51.6 Å². The predicted octanol–water partition coefficient (Wildman–Crippen LogP) is 5.45. The summed E-state index contributed by atoms with van der Waals surface area (Å²) < 4.78 is 18.2. The molecule has 138 valence electrons. The number of carbonyl (C=O) groups is 1. The molecule has 2 aromatic rings. The van der Waals surface area contributed by atoms with Crippen LogP contribution >= 0.6 is 0 Å². The zero-order valence-electron chi connectivity index (χ0n) is 16.6. The van der Waals surface area contributed by atoms with Crippen LogP contribution in [0.3, 0.4) is 0 Å². The van der Waals surface area contributed by atoms with E-state index in [9.17, 15) is 4.79 Å². The van der Waals surface area contributed by atoms with Crippen LogP contribution in [0.5, 0.6) is 5.75 Å². The summed E-state index contributed by atoms with van der Waals surface area (Å²) >= 11 is 0. The molecule has 26 heavy (non-hydrogen) atoms. The van der Waals surface area contributed by atoms with Crippen molar-refractivity contribution in [2.75, 3.05) is 7.09 Å². The molecule has 1 saturated carbocycles. The number of ether oxygens (including phenoxy) is 2. The van der Waals surface area contributed by atoms with E-state index in [1.165, 1.54) is 18.4 Å². The maximum atomic E-state index is 11.9. The van der Waals surface area contributed by atoms with Crippen molar-refractivity contribution in [3.63, 3.8) is 0 Å². The van der Waals surface area contributed by atoms with Crippen LogP contribution in [0.4, 0.5) is 0 Å². The Morgan fingerprint density at radius 3 is 2.54 bits per heavy atom. The standard InChI is InChI=1S/C23H28O3/c1-16(14-22(24)25-3)20-10-7-11-21(17(2)19-12-13-19)23(20)26-15-18-8-5-4-6-9-18/h4-11,16-17,19H,12-15H2,1-3H3/i3D. The van der Waals surface area contributed by atoms with E-state index in [-0.39, 0.29) is 25.4 Å². The maximum absolute atomic E-state index is 11.9. The summed E-state index contributed by atoms with van der Waals surface area (Å²) in [6.07, 6.45) is 2.80. The Bertz CT molecular complexity index is 755. The average molecular weight is 353 g/mol. The number of methoxy groups -OCH3 is 1. The first-order valence-corrected chi connectivity index (χ1v) is 9.34. The molecule has 0 N–H and O–H groups in total. The van der Waals surface area contributed by atoms with Crippen LogP contribution in [0, 0.1) is 5.92 Å². The molecule has 0 spiro atoms. The number of para-hydroxylation sites is 1. The van der Waals surface area contributed by atoms with Gasteiger partial charge in [-0.3, -0.25) is 4.79 Å². The van der Waals surface area contributed by atoms with E-state index < -0.39 is 0 Å². The monoisotopic (exact) mass is 353 g/mol. The molecule has 0 radical (unpaired) electrons. The van der Waals surface area contributed by atoms with Gasteiger partial charge in [-0.1, -0.05) is 62.4 Å². The fourth-order valence-corrected chi connectivity index (χ4v) is 3.49. The van der Waals surface area contributed by atoms with Gasteiger partial charge in [-0.2, -0.15) is 0 Å². The highest BCUT2D eigenvalue weighted by molar-refractivity contribution is 5.70. The van der Waals surface area contributed by atoms with E-state index in [0.717, 1.165) is 22.8 Å². The molecule has 1 fully saturated rings. The normalized spacial score (nSPS) is 16.5. The predicted molar refractivity (Wildman–Crippen MR) is 103 cm³/mol. The van der Waals surface area contributed by atoms with Crippen molar-refractivity contribution in [3.05, 3.63) is 65.2 Å². The lowest BCUT2D eigenvalue weighted by atomic mass is 9.89. The van der Waals surface area contributed by atoms with Crippen LogP contribution in [-0.2, 0) is 16.1 Å². The first kappa shape index (κ1) is 17.1. The van der Waals surface area contributed by atoms with Crippen molar-refractivity contribution in [2.24, 2.45) is 5.92 Å². The van der Waals surface area contributed by atoms with Gasteiger partial charge < -0.3 is 9.47 Å². The Hall–Kier alpha value is -2.29. The number of hydrogen-bond acceptors (Lipinski definition) is 3. The molecule has 0 aliphatic heterocycles. The minimum atomic E-state index is -0.341. The number of rotatable bonds is 8. The summed E-state index contributed by atoms with van der Waals surface area (Å²) in [5, 5.41) is 0. The molecule has 0 bridgehead atoms. The average Bonchev–Trinajstić information content (AvgIpc) is 3.51. The van der Waals surface area contributed by atoms with Crippen molar-refractivity contribution in [1.82, 2.24) is 0 Å². The lowest BCUT2D eigenvalue weighted by Gasteiger charge is -2.22. The third kappa shape index (κ3) is 4.46. The summed E-state index contributed by atoms with van der Waals surface area (Å²) in [4.78, 5) is 11.9. The van der Waals surface area contributed by atoms with E-state index in [1.807, 2.05) is 31.2 Å². The van der Waals surface area contributed by atoms with Gasteiger partial charge in [0.1, 0.15) is 12.4 Å². The molecule has 0 heterocycles. The van der Waals surface area contributed by atoms with Crippen LogP contribution in [0.1, 0.15) is 63.0 Å². The summed E-state index contributed by atoms with van der Waals surface area (Å²) in [6.45, 7) is 4.79. The van der Waals surface area contributed by atoms with Crippen LogP contribution in [0.2, 0.25) is 0 Å².